The fourth-order valence-corrected chi connectivity index (χ4v) is 3.70. The Kier molecular flexibility index (Phi) is 4.73. The third-order valence-corrected chi connectivity index (χ3v) is 5.22. The zero-order chi connectivity index (χ0) is 19.7. The van der Waals surface area contributed by atoms with Crippen molar-refractivity contribution in [2.45, 2.75) is 19.3 Å². The van der Waals surface area contributed by atoms with Crippen LogP contribution >= 0.6 is 0 Å². The number of rotatable bonds is 5. The molecule has 0 atom stereocenters. The number of hydrogen-bond donors (Lipinski definition) is 2. The van der Waals surface area contributed by atoms with Gasteiger partial charge in [0.2, 0.25) is 0 Å². The van der Waals surface area contributed by atoms with E-state index < -0.39 is 5.97 Å². The second-order valence-electron chi connectivity index (χ2n) is 7.00. The summed E-state index contributed by atoms with van der Waals surface area (Å²) in [6.45, 7) is 1.90. The fraction of sp³-hybridized carbons (Fsp3) is 0.286. The average Bonchev–Trinajstić information content (AvgIpc) is 3.08. The molecule has 2 aromatic rings. The topological polar surface area (TPSA) is 99.2 Å². The van der Waals surface area contributed by atoms with E-state index in [1.165, 1.54) is 0 Å². The fourth-order valence-electron chi connectivity index (χ4n) is 3.70. The third kappa shape index (κ3) is 3.43. The van der Waals surface area contributed by atoms with Gasteiger partial charge in [-0.1, -0.05) is 12.1 Å². The first kappa shape index (κ1) is 18.0. The number of fused-ring (bicyclic) bond motifs is 1. The SMILES string of the molecule is NC1=NCCc2cc(N3CCN(c4ccc(CCC(=O)O)cc4)C3=O)ccc21. The predicted molar refractivity (Wildman–Crippen MR) is 108 cm³/mol. The van der Waals surface area contributed by atoms with Crippen LogP contribution in [0.15, 0.2) is 47.5 Å². The van der Waals surface area contributed by atoms with E-state index in [1.54, 1.807) is 9.80 Å². The minimum absolute atomic E-state index is 0.0596. The summed E-state index contributed by atoms with van der Waals surface area (Å²) in [4.78, 5) is 31.5. The van der Waals surface area contributed by atoms with Crippen LogP contribution in [0.25, 0.3) is 0 Å². The summed E-state index contributed by atoms with van der Waals surface area (Å²) in [6.07, 6.45) is 1.41. The lowest BCUT2D eigenvalue weighted by Gasteiger charge is -2.21. The van der Waals surface area contributed by atoms with Gasteiger partial charge in [0.1, 0.15) is 5.84 Å². The van der Waals surface area contributed by atoms with Gasteiger partial charge < -0.3 is 10.8 Å². The molecule has 0 spiro atoms. The Balaban J connectivity index is 1.49. The molecule has 2 aliphatic rings. The highest BCUT2D eigenvalue weighted by atomic mass is 16.4. The number of carbonyl (C=O) groups excluding carboxylic acids is 1. The van der Waals surface area contributed by atoms with Gasteiger partial charge in [-0.25, -0.2) is 4.79 Å². The van der Waals surface area contributed by atoms with Gasteiger partial charge in [-0.3, -0.25) is 19.6 Å². The normalized spacial score (nSPS) is 16.1. The number of anilines is 2. The number of amidine groups is 1. The summed E-state index contributed by atoms with van der Waals surface area (Å²) in [5.74, 6) is -0.252. The molecule has 144 valence electrons. The minimum Gasteiger partial charge on any atom is -0.481 e. The van der Waals surface area contributed by atoms with Crippen molar-refractivity contribution in [2.75, 3.05) is 29.4 Å². The quantitative estimate of drug-likeness (QED) is 0.834. The Morgan fingerprint density at radius 2 is 1.75 bits per heavy atom. The van der Waals surface area contributed by atoms with E-state index in [0.29, 0.717) is 31.9 Å². The first-order valence-electron chi connectivity index (χ1n) is 9.36. The summed E-state index contributed by atoms with van der Waals surface area (Å²) in [6, 6.07) is 13.4. The number of carboxylic acids is 1. The summed E-state index contributed by atoms with van der Waals surface area (Å²) >= 11 is 0. The van der Waals surface area contributed by atoms with Crippen molar-refractivity contribution in [2.24, 2.45) is 10.7 Å². The van der Waals surface area contributed by atoms with Crippen LogP contribution in [0, 0.1) is 0 Å². The molecule has 0 saturated carbocycles. The molecule has 7 heteroatoms. The molecule has 0 unspecified atom stereocenters. The van der Waals surface area contributed by atoms with Crippen molar-refractivity contribution in [3.05, 3.63) is 59.2 Å². The molecule has 3 N–H and O–H groups in total. The van der Waals surface area contributed by atoms with Crippen molar-refractivity contribution in [3.63, 3.8) is 0 Å². The average molecular weight is 378 g/mol. The van der Waals surface area contributed by atoms with Crippen LogP contribution in [0.3, 0.4) is 0 Å². The number of carboxylic acid groups (broad SMARTS) is 1. The highest BCUT2D eigenvalue weighted by Gasteiger charge is 2.31. The number of urea groups is 1. The minimum atomic E-state index is -0.812. The summed E-state index contributed by atoms with van der Waals surface area (Å²) in [5.41, 5.74) is 10.7. The Morgan fingerprint density at radius 1 is 1.07 bits per heavy atom. The van der Waals surface area contributed by atoms with E-state index in [1.807, 2.05) is 42.5 Å². The number of aryl methyl sites for hydroxylation is 1. The second kappa shape index (κ2) is 7.34. The van der Waals surface area contributed by atoms with E-state index in [2.05, 4.69) is 4.99 Å². The van der Waals surface area contributed by atoms with Crippen LogP contribution in [0.4, 0.5) is 16.2 Å². The van der Waals surface area contributed by atoms with Crippen molar-refractivity contribution in [3.8, 4) is 0 Å². The number of nitrogens with zero attached hydrogens (tertiary/aromatic N) is 3. The standard InChI is InChI=1S/C21H22N4O3/c22-20-18-7-6-17(13-15(18)9-10-23-20)25-12-11-24(21(25)28)16-4-1-14(2-5-16)3-8-19(26)27/h1-2,4-7,13H,3,8-12H2,(H2,22,23)(H,26,27). The molecular formula is C21H22N4O3. The molecule has 2 aliphatic heterocycles. The maximum atomic E-state index is 13.0. The number of benzene rings is 2. The summed E-state index contributed by atoms with van der Waals surface area (Å²) in [5, 5.41) is 8.79. The number of carbonyl (C=O) groups is 2. The van der Waals surface area contributed by atoms with Crippen molar-refractivity contribution in [1.82, 2.24) is 0 Å². The van der Waals surface area contributed by atoms with Gasteiger partial charge in [-0.2, -0.15) is 0 Å². The molecule has 2 aromatic carbocycles. The number of amides is 2. The first-order valence-corrected chi connectivity index (χ1v) is 9.36. The van der Waals surface area contributed by atoms with Crippen molar-refractivity contribution in [1.29, 1.82) is 0 Å². The highest BCUT2D eigenvalue weighted by molar-refractivity contribution is 6.07. The number of aliphatic carboxylic acids is 1. The molecular weight excluding hydrogens is 356 g/mol. The molecule has 4 rings (SSSR count). The van der Waals surface area contributed by atoms with E-state index in [-0.39, 0.29) is 12.5 Å². The monoisotopic (exact) mass is 378 g/mol. The molecule has 1 saturated heterocycles. The van der Waals surface area contributed by atoms with E-state index in [0.717, 1.165) is 34.5 Å². The lowest BCUT2D eigenvalue weighted by atomic mass is 10.00. The number of aliphatic imine (C=N–C) groups is 1. The Hall–Kier alpha value is -3.35. The van der Waals surface area contributed by atoms with Crippen LogP contribution in [-0.2, 0) is 17.6 Å². The van der Waals surface area contributed by atoms with Gasteiger partial charge in [0.05, 0.1) is 0 Å². The Bertz CT molecular complexity index is 953. The van der Waals surface area contributed by atoms with Crippen LogP contribution in [0.5, 0.6) is 0 Å². The zero-order valence-corrected chi connectivity index (χ0v) is 15.5. The molecule has 0 radical (unpaired) electrons. The smallest absolute Gasteiger partial charge is 0.329 e. The van der Waals surface area contributed by atoms with Gasteiger partial charge in [0.25, 0.3) is 0 Å². The van der Waals surface area contributed by atoms with Crippen LogP contribution in [0.2, 0.25) is 0 Å². The molecule has 0 bridgehead atoms. The highest BCUT2D eigenvalue weighted by Crippen LogP contribution is 2.28. The van der Waals surface area contributed by atoms with E-state index >= 15 is 0 Å². The molecule has 0 aromatic heterocycles. The largest absolute Gasteiger partial charge is 0.481 e. The first-order chi connectivity index (χ1) is 13.5. The van der Waals surface area contributed by atoms with Crippen LogP contribution < -0.4 is 15.5 Å². The van der Waals surface area contributed by atoms with Gasteiger partial charge in [0, 0.05) is 43.0 Å². The van der Waals surface area contributed by atoms with Crippen molar-refractivity contribution >= 4 is 29.2 Å². The summed E-state index contributed by atoms with van der Waals surface area (Å²) < 4.78 is 0. The maximum Gasteiger partial charge on any atom is 0.329 e. The van der Waals surface area contributed by atoms with Gasteiger partial charge in [-0.05, 0) is 54.3 Å². The predicted octanol–water partition coefficient (Wildman–Crippen LogP) is 2.41. The van der Waals surface area contributed by atoms with Crippen molar-refractivity contribution < 1.29 is 14.7 Å². The summed E-state index contributed by atoms with van der Waals surface area (Å²) in [7, 11) is 0. The van der Waals surface area contributed by atoms with Gasteiger partial charge >= 0.3 is 12.0 Å². The number of nitrogens with two attached hydrogens (primary N) is 1. The zero-order valence-electron chi connectivity index (χ0n) is 15.5. The van der Waals surface area contributed by atoms with E-state index in [9.17, 15) is 9.59 Å². The Morgan fingerprint density at radius 3 is 2.46 bits per heavy atom. The lowest BCUT2D eigenvalue weighted by Crippen LogP contribution is -2.32. The molecule has 7 nitrogen and oxygen atoms in total. The Labute approximate surface area is 163 Å². The molecule has 1 fully saturated rings. The van der Waals surface area contributed by atoms with Gasteiger partial charge in [-0.15, -0.1) is 0 Å². The number of hydrogen-bond acceptors (Lipinski definition) is 4. The van der Waals surface area contributed by atoms with Gasteiger partial charge in [0.15, 0.2) is 0 Å². The third-order valence-electron chi connectivity index (χ3n) is 5.22. The molecule has 2 amide bonds. The lowest BCUT2D eigenvalue weighted by molar-refractivity contribution is -0.136. The van der Waals surface area contributed by atoms with Crippen LogP contribution in [0.1, 0.15) is 23.1 Å². The molecule has 2 heterocycles. The maximum absolute atomic E-state index is 13.0. The molecule has 28 heavy (non-hydrogen) atoms. The van der Waals surface area contributed by atoms with Crippen LogP contribution in [-0.4, -0.2) is 42.6 Å². The van der Waals surface area contributed by atoms with E-state index in [4.69, 9.17) is 10.8 Å². The molecule has 0 aliphatic carbocycles. The second-order valence-corrected chi connectivity index (χ2v) is 7.00.